The number of ether oxygens (including phenoxy) is 2. The summed E-state index contributed by atoms with van der Waals surface area (Å²) in [5.74, 6) is -1.37. The lowest BCUT2D eigenvalue weighted by atomic mass is 10.1. The summed E-state index contributed by atoms with van der Waals surface area (Å²) in [5, 5.41) is 0.306. The summed E-state index contributed by atoms with van der Waals surface area (Å²) in [7, 11) is 0. The Morgan fingerprint density at radius 3 is 2.79 bits per heavy atom. The van der Waals surface area contributed by atoms with Crippen molar-refractivity contribution >= 4 is 33.5 Å². The van der Waals surface area contributed by atoms with Gasteiger partial charge in [0, 0.05) is 0 Å². The smallest absolute Gasteiger partial charge is 0.348 e. The second kappa shape index (κ2) is 8.52. The van der Waals surface area contributed by atoms with Crippen molar-refractivity contribution in [3.8, 4) is 0 Å². The molecule has 0 bridgehead atoms. The number of aromatic nitrogens is 2. The molecular weight excluding hydrogens is 399 g/mol. The van der Waals surface area contributed by atoms with Gasteiger partial charge in [-0.2, -0.15) is 0 Å². The van der Waals surface area contributed by atoms with Gasteiger partial charge < -0.3 is 14.5 Å². The SMILES string of the molecule is CCOC(=O)c1sc2nc([C@H](C)OC(=O)Cc3cccc(F)c3)[nH]c(=O)c2c1C. The minimum absolute atomic E-state index is 0.111. The number of aromatic amines is 1. The molecule has 29 heavy (non-hydrogen) atoms. The van der Waals surface area contributed by atoms with Crippen molar-refractivity contribution in [3.05, 3.63) is 62.3 Å². The van der Waals surface area contributed by atoms with Gasteiger partial charge in [-0.3, -0.25) is 9.59 Å². The van der Waals surface area contributed by atoms with Crippen molar-refractivity contribution in [1.29, 1.82) is 0 Å². The molecular formula is C20H19FN2O5S. The lowest BCUT2D eigenvalue weighted by Crippen LogP contribution is -2.18. The van der Waals surface area contributed by atoms with Crippen molar-refractivity contribution in [2.45, 2.75) is 33.3 Å². The Balaban J connectivity index is 1.82. The number of nitrogens with one attached hydrogen (secondary N) is 1. The van der Waals surface area contributed by atoms with Gasteiger partial charge in [-0.25, -0.2) is 14.2 Å². The quantitative estimate of drug-likeness (QED) is 0.616. The van der Waals surface area contributed by atoms with Crippen LogP contribution in [0.25, 0.3) is 10.2 Å². The predicted octanol–water partition coefficient (Wildman–Crippen LogP) is 3.46. The van der Waals surface area contributed by atoms with Gasteiger partial charge in [0.1, 0.15) is 15.5 Å². The molecule has 0 amide bonds. The van der Waals surface area contributed by atoms with Crippen LogP contribution in [0.1, 0.15) is 46.6 Å². The molecule has 0 radical (unpaired) electrons. The Labute approximate surface area is 169 Å². The second-order valence-corrected chi connectivity index (χ2v) is 7.35. The van der Waals surface area contributed by atoms with Crippen LogP contribution in [-0.2, 0) is 20.7 Å². The largest absolute Gasteiger partial charge is 0.462 e. The van der Waals surface area contributed by atoms with Crippen molar-refractivity contribution < 1.29 is 23.5 Å². The van der Waals surface area contributed by atoms with Gasteiger partial charge in [0.05, 0.1) is 18.4 Å². The van der Waals surface area contributed by atoms with E-state index in [2.05, 4.69) is 9.97 Å². The summed E-state index contributed by atoms with van der Waals surface area (Å²) in [5.41, 5.74) is 0.550. The maximum atomic E-state index is 13.2. The van der Waals surface area contributed by atoms with Gasteiger partial charge in [-0.15, -0.1) is 11.3 Å². The molecule has 2 aromatic heterocycles. The molecule has 3 aromatic rings. The monoisotopic (exact) mass is 418 g/mol. The highest BCUT2D eigenvalue weighted by molar-refractivity contribution is 7.20. The summed E-state index contributed by atoms with van der Waals surface area (Å²) < 4.78 is 23.6. The molecule has 0 fully saturated rings. The highest BCUT2D eigenvalue weighted by Crippen LogP contribution is 2.28. The van der Waals surface area contributed by atoms with Gasteiger partial charge in [-0.1, -0.05) is 12.1 Å². The Morgan fingerprint density at radius 2 is 2.10 bits per heavy atom. The molecule has 1 N–H and O–H groups in total. The number of carbonyl (C=O) groups is 2. The average Bonchev–Trinajstić information content (AvgIpc) is 2.99. The van der Waals surface area contributed by atoms with E-state index in [1.165, 1.54) is 18.2 Å². The number of benzene rings is 1. The molecule has 9 heteroatoms. The first-order chi connectivity index (χ1) is 13.8. The number of rotatable bonds is 6. The van der Waals surface area contributed by atoms with E-state index < -0.39 is 29.4 Å². The van der Waals surface area contributed by atoms with Crippen LogP contribution >= 0.6 is 11.3 Å². The maximum Gasteiger partial charge on any atom is 0.348 e. The summed E-state index contributed by atoms with van der Waals surface area (Å²) >= 11 is 1.05. The van der Waals surface area contributed by atoms with Crippen LogP contribution in [0.3, 0.4) is 0 Å². The van der Waals surface area contributed by atoms with Crippen LogP contribution < -0.4 is 5.56 Å². The number of H-pyrrole nitrogens is 1. The van der Waals surface area contributed by atoms with Gasteiger partial charge >= 0.3 is 11.9 Å². The Kier molecular flexibility index (Phi) is 6.07. The fourth-order valence-electron chi connectivity index (χ4n) is 2.85. The standard InChI is InChI=1S/C20H19FN2O5S/c1-4-27-20(26)16-10(2)15-18(25)22-17(23-19(15)29-16)11(3)28-14(24)9-12-6-5-7-13(21)8-12/h5-8,11H,4,9H2,1-3H3,(H,22,23,25)/t11-/m0/s1. The molecule has 0 aliphatic rings. The first-order valence-electron chi connectivity index (χ1n) is 8.94. The number of hydrogen-bond donors (Lipinski definition) is 1. The van der Waals surface area contributed by atoms with E-state index in [4.69, 9.17) is 9.47 Å². The fraction of sp³-hybridized carbons (Fsp3) is 0.300. The Morgan fingerprint density at radius 1 is 1.34 bits per heavy atom. The fourth-order valence-corrected chi connectivity index (χ4v) is 3.94. The number of aryl methyl sites for hydroxylation is 1. The predicted molar refractivity (Wildman–Crippen MR) is 106 cm³/mol. The number of esters is 2. The highest BCUT2D eigenvalue weighted by Gasteiger charge is 2.22. The first-order valence-corrected chi connectivity index (χ1v) is 9.76. The van der Waals surface area contributed by atoms with E-state index in [0.29, 0.717) is 26.2 Å². The third kappa shape index (κ3) is 4.51. The molecule has 7 nitrogen and oxygen atoms in total. The number of hydrogen-bond acceptors (Lipinski definition) is 7. The summed E-state index contributed by atoms with van der Waals surface area (Å²) in [6.45, 7) is 5.15. The number of carbonyl (C=O) groups excluding carboxylic acids is 2. The molecule has 0 spiro atoms. The minimum Gasteiger partial charge on any atom is -0.462 e. The van der Waals surface area contributed by atoms with E-state index in [1.54, 1.807) is 26.8 Å². The van der Waals surface area contributed by atoms with Crippen LogP contribution in [0.5, 0.6) is 0 Å². The zero-order valence-corrected chi connectivity index (χ0v) is 16.9. The molecule has 0 aliphatic heterocycles. The zero-order chi connectivity index (χ0) is 21.1. The zero-order valence-electron chi connectivity index (χ0n) is 16.1. The molecule has 152 valence electrons. The number of thiophene rings is 1. The summed E-state index contributed by atoms with van der Waals surface area (Å²) in [6.07, 6.45) is -0.943. The van der Waals surface area contributed by atoms with Crippen LogP contribution in [0.4, 0.5) is 4.39 Å². The van der Waals surface area contributed by atoms with E-state index in [-0.39, 0.29) is 18.9 Å². The summed E-state index contributed by atoms with van der Waals surface area (Å²) in [4.78, 5) is 44.4. The van der Waals surface area contributed by atoms with Crippen LogP contribution in [0.2, 0.25) is 0 Å². The number of halogens is 1. The van der Waals surface area contributed by atoms with E-state index >= 15 is 0 Å². The average molecular weight is 418 g/mol. The first kappa shape index (κ1) is 20.7. The van der Waals surface area contributed by atoms with Gasteiger partial charge in [0.2, 0.25) is 0 Å². The number of fused-ring (bicyclic) bond motifs is 1. The van der Waals surface area contributed by atoms with Crippen molar-refractivity contribution in [2.24, 2.45) is 0 Å². The van der Waals surface area contributed by atoms with Crippen LogP contribution in [0, 0.1) is 12.7 Å². The van der Waals surface area contributed by atoms with E-state index in [0.717, 1.165) is 11.3 Å². The van der Waals surface area contributed by atoms with Gasteiger partial charge in [0.25, 0.3) is 5.56 Å². The van der Waals surface area contributed by atoms with Gasteiger partial charge in [-0.05, 0) is 44.0 Å². The third-order valence-corrected chi connectivity index (χ3v) is 5.38. The van der Waals surface area contributed by atoms with E-state index in [9.17, 15) is 18.8 Å². The van der Waals surface area contributed by atoms with E-state index in [1.807, 2.05) is 0 Å². The summed E-state index contributed by atoms with van der Waals surface area (Å²) in [6, 6.07) is 5.67. The molecule has 0 aliphatic carbocycles. The van der Waals surface area contributed by atoms with Crippen molar-refractivity contribution in [1.82, 2.24) is 9.97 Å². The van der Waals surface area contributed by atoms with Crippen LogP contribution in [-0.4, -0.2) is 28.5 Å². The maximum absolute atomic E-state index is 13.2. The topological polar surface area (TPSA) is 98.3 Å². The van der Waals surface area contributed by atoms with Crippen molar-refractivity contribution in [3.63, 3.8) is 0 Å². The Bertz CT molecular complexity index is 1140. The Hall–Kier alpha value is -3.07. The second-order valence-electron chi connectivity index (χ2n) is 6.35. The molecule has 0 saturated carbocycles. The normalized spacial score (nSPS) is 12.0. The third-order valence-electron chi connectivity index (χ3n) is 4.21. The van der Waals surface area contributed by atoms with Crippen LogP contribution in [0.15, 0.2) is 29.1 Å². The molecule has 0 saturated heterocycles. The molecule has 2 heterocycles. The lowest BCUT2D eigenvalue weighted by molar-refractivity contribution is -0.148. The van der Waals surface area contributed by atoms with Crippen molar-refractivity contribution in [2.75, 3.05) is 6.61 Å². The minimum atomic E-state index is -0.832. The number of nitrogens with zero attached hydrogens (tertiary/aromatic N) is 1. The molecule has 3 rings (SSSR count). The van der Waals surface area contributed by atoms with Gasteiger partial charge in [0.15, 0.2) is 11.9 Å². The molecule has 1 atom stereocenters. The highest BCUT2D eigenvalue weighted by atomic mass is 32.1. The lowest BCUT2D eigenvalue weighted by Gasteiger charge is -2.12. The molecule has 0 unspecified atom stereocenters. The molecule has 1 aromatic carbocycles.